The lowest BCUT2D eigenvalue weighted by molar-refractivity contribution is -0.0637. The molecule has 2 aromatic carbocycles. The van der Waals surface area contributed by atoms with Gasteiger partial charge in [0.2, 0.25) is 0 Å². The van der Waals surface area contributed by atoms with Crippen LogP contribution < -0.4 is 0 Å². The van der Waals surface area contributed by atoms with Crippen LogP contribution in [-0.4, -0.2) is 53.1 Å². The summed E-state index contributed by atoms with van der Waals surface area (Å²) in [7, 11) is 0. The normalized spacial score (nSPS) is 40.3. The third-order valence-corrected chi connectivity index (χ3v) is 14.6. The average Bonchev–Trinajstić information content (AvgIpc) is 3.70. The molecule has 10 atom stereocenters. The lowest BCUT2D eigenvalue weighted by Crippen LogP contribution is -2.54. The third kappa shape index (κ3) is 4.30. The summed E-state index contributed by atoms with van der Waals surface area (Å²) in [5.74, 6) is 2.65. The lowest BCUT2D eigenvalue weighted by atomic mass is 9.56. The van der Waals surface area contributed by atoms with E-state index in [1.807, 2.05) is 0 Å². The molecule has 5 aliphatic carbocycles. The Balaban J connectivity index is 0.971. The van der Waals surface area contributed by atoms with Crippen LogP contribution >= 0.6 is 0 Å². The van der Waals surface area contributed by atoms with Crippen molar-refractivity contribution in [2.75, 3.05) is 13.2 Å². The van der Waals surface area contributed by atoms with Gasteiger partial charge in [-0.25, -0.2) is 4.79 Å². The van der Waals surface area contributed by atoms with Gasteiger partial charge in [0.05, 0.1) is 23.9 Å². The third-order valence-electron chi connectivity index (χ3n) is 14.6. The number of piperidine rings is 1. The highest BCUT2D eigenvalue weighted by Crippen LogP contribution is 2.65. The first-order chi connectivity index (χ1) is 22.7. The fourth-order valence-electron chi connectivity index (χ4n) is 12.2. The van der Waals surface area contributed by atoms with Gasteiger partial charge in [-0.05, 0) is 115 Å². The topological polar surface area (TPSA) is 59.0 Å². The van der Waals surface area contributed by atoms with Gasteiger partial charge in [0.1, 0.15) is 6.61 Å². The number of amides is 1. The summed E-state index contributed by atoms with van der Waals surface area (Å²) in [5, 5.41) is 10.5. The summed E-state index contributed by atoms with van der Waals surface area (Å²) in [6.07, 6.45) is 10.6. The average molecular weight is 634 g/mol. The van der Waals surface area contributed by atoms with Crippen molar-refractivity contribution in [3.63, 3.8) is 0 Å². The van der Waals surface area contributed by atoms with Crippen molar-refractivity contribution in [3.8, 4) is 11.1 Å². The highest BCUT2D eigenvalue weighted by atomic mass is 16.6. The van der Waals surface area contributed by atoms with E-state index < -0.39 is 0 Å². The molecule has 1 N–H and O–H groups in total. The summed E-state index contributed by atoms with van der Waals surface area (Å²) in [6.45, 7) is 10.6. The molecule has 0 bridgehead atoms. The molecular formula is C42H51NO4. The highest BCUT2D eigenvalue weighted by molar-refractivity contribution is 5.79. The van der Waals surface area contributed by atoms with Crippen LogP contribution in [0.15, 0.2) is 71.3 Å². The first-order valence-electron chi connectivity index (χ1n) is 18.6. The fourth-order valence-corrected chi connectivity index (χ4v) is 12.2. The minimum absolute atomic E-state index is 0.0308. The van der Waals surface area contributed by atoms with Gasteiger partial charge < -0.3 is 19.5 Å². The molecule has 5 heteroatoms. The van der Waals surface area contributed by atoms with E-state index in [0.717, 1.165) is 45.1 Å². The van der Waals surface area contributed by atoms with E-state index in [-0.39, 0.29) is 47.2 Å². The van der Waals surface area contributed by atoms with Gasteiger partial charge in [-0.3, -0.25) is 0 Å². The first kappa shape index (κ1) is 30.2. The molecule has 2 saturated carbocycles. The molecule has 4 fully saturated rings. The predicted octanol–water partition coefficient (Wildman–Crippen LogP) is 8.66. The Labute approximate surface area is 280 Å². The number of carbonyl (C=O) groups excluding carboxylic acids is 1. The summed E-state index contributed by atoms with van der Waals surface area (Å²) in [4.78, 5) is 16.2. The molecule has 0 aromatic heterocycles. The molecule has 5 nitrogen and oxygen atoms in total. The van der Waals surface area contributed by atoms with E-state index in [0.29, 0.717) is 30.3 Å². The maximum atomic E-state index is 14.1. The number of aliphatic hydroxyl groups is 1. The van der Waals surface area contributed by atoms with Crippen LogP contribution in [0.3, 0.4) is 0 Å². The monoisotopic (exact) mass is 633 g/mol. The summed E-state index contributed by atoms with van der Waals surface area (Å²) in [5.41, 5.74) is 9.58. The number of benzene rings is 2. The van der Waals surface area contributed by atoms with Crippen LogP contribution in [0.1, 0.15) is 96.1 Å². The molecule has 1 amide bonds. The quantitative estimate of drug-likeness (QED) is 0.336. The number of nitrogens with zero attached hydrogens (tertiary/aromatic N) is 1. The van der Waals surface area contributed by atoms with Gasteiger partial charge in [0.15, 0.2) is 0 Å². The van der Waals surface area contributed by atoms with Crippen molar-refractivity contribution in [2.24, 2.45) is 35.0 Å². The van der Waals surface area contributed by atoms with E-state index in [1.54, 1.807) is 5.57 Å². The van der Waals surface area contributed by atoms with Crippen LogP contribution in [0.5, 0.6) is 0 Å². The Hall–Kier alpha value is -2.89. The van der Waals surface area contributed by atoms with Gasteiger partial charge in [-0.2, -0.15) is 0 Å². The summed E-state index contributed by atoms with van der Waals surface area (Å²) in [6, 6.07) is 17.1. The van der Waals surface area contributed by atoms with Crippen molar-refractivity contribution >= 4 is 6.09 Å². The first-order valence-corrected chi connectivity index (χ1v) is 18.6. The standard InChI is InChI=1S/C42H51NO4/c1-24-19-38-39(43(22-24)40(45)46-23-36-31-11-7-5-9-29(31)30-10-6-8-12-32(30)36)26(3)42(47-38)18-16-33-34-14-13-27-20-28(44)15-17-41(27,4)37(34)21-35(33)25(42)2/h5-13,24,26,28,33-34,36-39,44H,14-23H2,1-4H3/t24-,26+,28-,33-,34-,37-,38+,39-,41-,42-/m0/s1. The van der Waals surface area contributed by atoms with Crippen molar-refractivity contribution in [1.82, 2.24) is 4.90 Å². The predicted molar refractivity (Wildman–Crippen MR) is 184 cm³/mol. The molecule has 7 aliphatic rings. The summed E-state index contributed by atoms with van der Waals surface area (Å²) >= 11 is 0. The summed E-state index contributed by atoms with van der Waals surface area (Å²) < 4.78 is 13.6. The number of allylic oxidation sites excluding steroid dienone is 2. The van der Waals surface area contributed by atoms with Crippen LogP contribution in [0, 0.1) is 35.0 Å². The maximum absolute atomic E-state index is 14.1. The van der Waals surface area contributed by atoms with Crippen molar-refractivity contribution < 1.29 is 19.4 Å². The largest absolute Gasteiger partial charge is 0.448 e. The number of aliphatic hydroxyl groups excluding tert-OH is 1. The second kappa shape index (κ2) is 10.8. The Kier molecular flexibility index (Phi) is 6.94. The Morgan fingerprint density at radius 2 is 1.74 bits per heavy atom. The van der Waals surface area contributed by atoms with Crippen molar-refractivity contribution in [2.45, 2.75) is 109 Å². The molecule has 2 aromatic rings. The van der Waals surface area contributed by atoms with Gasteiger partial charge in [-0.15, -0.1) is 0 Å². The van der Waals surface area contributed by atoms with Crippen LogP contribution in [-0.2, 0) is 9.47 Å². The zero-order valence-corrected chi connectivity index (χ0v) is 28.6. The van der Waals surface area contributed by atoms with Gasteiger partial charge in [0.25, 0.3) is 0 Å². The Morgan fingerprint density at radius 3 is 2.49 bits per heavy atom. The molecule has 9 rings (SSSR count). The smallest absolute Gasteiger partial charge is 0.410 e. The van der Waals surface area contributed by atoms with E-state index in [2.05, 4.69) is 87.2 Å². The fraction of sp³-hybridized carbons (Fsp3) is 0.595. The maximum Gasteiger partial charge on any atom is 0.410 e. The van der Waals surface area contributed by atoms with Crippen LogP contribution in [0.4, 0.5) is 4.79 Å². The number of fused-ring (bicyclic) bond motifs is 9. The molecule has 0 radical (unpaired) electrons. The second-order valence-corrected chi connectivity index (χ2v) is 16.7. The van der Waals surface area contributed by atoms with E-state index in [9.17, 15) is 9.90 Å². The molecular weight excluding hydrogens is 582 g/mol. The number of rotatable bonds is 2. The second-order valence-electron chi connectivity index (χ2n) is 16.7. The van der Waals surface area contributed by atoms with Crippen LogP contribution in [0.25, 0.3) is 11.1 Å². The number of carbonyl (C=O) groups is 1. The molecule has 2 aliphatic heterocycles. The molecule has 47 heavy (non-hydrogen) atoms. The highest BCUT2D eigenvalue weighted by Gasteiger charge is 2.62. The molecule has 1 spiro atoms. The SMILES string of the molecule is CC1=C2C[C@H]3[C@@H](CC=C4C[C@@H](O)CC[C@@]43C)[C@@H]2CC[C@]12O[C@@H]1C[C@H](C)CN(C(=O)OCC3c4ccccc4-c4ccccc43)[C@H]1[C@H]2C. The Morgan fingerprint density at radius 1 is 1.02 bits per heavy atom. The van der Waals surface area contributed by atoms with E-state index in [1.165, 1.54) is 46.2 Å². The molecule has 248 valence electrons. The molecule has 2 heterocycles. The van der Waals surface area contributed by atoms with Crippen LogP contribution in [0.2, 0.25) is 0 Å². The minimum atomic E-state index is -0.305. The Bertz CT molecular complexity index is 1630. The molecule has 2 saturated heterocycles. The minimum Gasteiger partial charge on any atom is -0.448 e. The van der Waals surface area contributed by atoms with Gasteiger partial charge in [-0.1, -0.05) is 86.5 Å². The lowest BCUT2D eigenvalue weighted by Gasteiger charge is -2.49. The van der Waals surface area contributed by atoms with Crippen molar-refractivity contribution in [3.05, 3.63) is 82.5 Å². The van der Waals surface area contributed by atoms with E-state index >= 15 is 0 Å². The molecule has 0 unspecified atom stereocenters. The zero-order valence-electron chi connectivity index (χ0n) is 28.6. The zero-order chi connectivity index (χ0) is 32.2. The van der Waals surface area contributed by atoms with E-state index in [4.69, 9.17) is 9.47 Å². The number of likely N-dealkylation sites (tertiary alicyclic amines) is 1. The number of hydrogen-bond donors (Lipinski definition) is 1. The van der Waals surface area contributed by atoms with Crippen molar-refractivity contribution in [1.29, 1.82) is 0 Å². The number of hydrogen-bond acceptors (Lipinski definition) is 4. The van der Waals surface area contributed by atoms with Gasteiger partial charge >= 0.3 is 6.09 Å². The number of ether oxygens (including phenoxy) is 2. The van der Waals surface area contributed by atoms with Gasteiger partial charge in [0, 0.05) is 18.4 Å².